The van der Waals surface area contributed by atoms with E-state index in [0.29, 0.717) is 0 Å². The molecule has 0 radical (unpaired) electrons. The number of hydrogen-bond donors (Lipinski definition) is 0. The second-order valence-electron chi connectivity index (χ2n) is 1.20. The van der Waals surface area contributed by atoms with Gasteiger partial charge in [0.2, 0.25) is 0 Å². The summed E-state index contributed by atoms with van der Waals surface area (Å²) >= 11 is -0.556. The SMILES string of the molecule is [Cl][Ir][Cl].c1ccccc1. The molecule has 0 atom stereocenters. The standard InChI is InChI=1S/C6H6.2ClH.Ir/c1-2-4-6-5-3-1;;;/h1-6H;2*1H;/q;;;+2/p-2. The van der Waals surface area contributed by atoms with E-state index in [-0.39, 0.29) is 0 Å². The Hall–Kier alpha value is 0.449. The Morgan fingerprint density at radius 1 is 0.667 bits per heavy atom. The minimum Gasteiger partial charge on any atom is -0.0623 e. The van der Waals surface area contributed by atoms with Gasteiger partial charge < -0.3 is 0 Å². The van der Waals surface area contributed by atoms with E-state index in [1.54, 1.807) is 0 Å². The van der Waals surface area contributed by atoms with E-state index >= 15 is 0 Å². The first-order valence-corrected chi connectivity index (χ1v) is 8.19. The summed E-state index contributed by atoms with van der Waals surface area (Å²) in [6, 6.07) is 12.0. The fourth-order valence-corrected chi connectivity index (χ4v) is 0.385. The first-order valence-electron chi connectivity index (χ1n) is 2.25. The Bertz CT molecular complexity index is 93.9. The van der Waals surface area contributed by atoms with Gasteiger partial charge in [0, 0.05) is 0 Å². The van der Waals surface area contributed by atoms with Gasteiger partial charge in [0.1, 0.15) is 0 Å². The third-order valence-electron chi connectivity index (χ3n) is 0.667. The predicted octanol–water partition coefficient (Wildman–Crippen LogP) is 3.06. The van der Waals surface area contributed by atoms with Crippen LogP contribution in [0, 0.1) is 0 Å². The summed E-state index contributed by atoms with van der Waals surface area (Å²) < 4.78 is 0. The molecule has 0 bridgehead atoms. The van der Waals surface area contributed by atoms with Gasteiger partial charge in [-0.15, -0.1) is 0 Å². The molecule has 0 fully saturated rings. The van der Waals surface area contributed by atoms with Crippen molar-refractivity contribution in [2.75, 3.05) is 0 Å². The van der Waals surface area contributed by atoms with E-state index in [1.165, 1.54) is 0 Å². The first kappa shape index (κ1) is 9.45. The molecule has 1 rings (SSSR count). The van der Waals surface area contributed by atoms with Crippen LogP contribution < -0.4 is 0 Å². The van der Waals surface area contributed by atoms with Gasteiger partial charge in [-0.2, -0.15) is 0 Å². The Kier molecular flexibility index (Phi) is 8.87. The Morgan fingerprint density at radius 2 is 0.778 bits per heavy atom. The topological polar surface area (TPSA) is 0 Å². The molecule has 0 N–H and O–H groups in total. The molecule has 0 aliphatic heterocycles. The van der Waals surface area contributed by atoms with E-state index in [2.05, 4.69) is 0 Å². The van der Waals surface area contributed by atoms with Crippen LogP contribution in [-0.2, 0) is 15.7 Å². The van der Waals surface area contributed by atoms with Gasteiger partial charge in [0.05, 0.1) is 0 Å². The summed E-state index contributed by atoms with van der Waals surface area (Å²) in [6.07, 6.45) is 0. The average molecular weight is 341 g/mol. The Morgan fingerprint density at radius 3 is 0.889 bits per heavy atom. The average Bonchev–Trinajstić information content (AvgIpc) is 1.93. The molecule has 0 heterocycles. The fourth-order valence-electron chi connectivity index (χ4n) is 0.385. The fraction of sp³-hybridized carbons (Fsp3) is 0. The van der Waals surface area contributed by atoms with Gasteiger partial charge in [-0.05, 0) is 0 Å². The van der Waals surface area contributed by atoms with Crippen molar-refractivity contribution in [3.63, 3.8) is 0 Å². The molecule has 0 nitrogen and oxygen atoms in total. The van der Waals surface area contributed by atoms with Crippen LogP contribution in [0.1, 0.15) is 0 Å². The van der Waals surface area contributed by atoms with Gasteiger partial charge in [0.15, 0.2) is 0 Å². The van der Waals surface area contributed by atoms with Crippen LogP contribution in [0.5, 0.6) is 0 Å². The summed E-state index contributed by atoms with van der Waals surface area (Å²) in [4.78, 5) is 0. The van der Waals surface area contributed by atoms with Crippen LogP contribution >= 0.6 is 19.2 Å². The molecule has 0 unspecified atom stereocenters. The summed E-state index contributed by atoms with van der Waals surface area (Å²) in [5, 5.41) is 0. The summed E-state index contributed by atoms with van der Waals surface area (Å²) in [7, 11) is 9.78. The molecule has 1 aromatic carbocycles. The zero-order chi connectivity index (χ0) is 6.95. The Labute approximate surface area is 71.1 Å². The van der Waals surface area contributed by atoms with E-state index in [4.69, 9.17) is 19.2 Å². The van der Waals surface area contributed by atoms with Crippen molar-refractivity contribution in [2.24, 2.45) is 0 Å². The molecule has 0 aliphatic rings. The van der Waals surface area contributed by atoms with Crippen LogP contribution in [0.15, 0.2) is 36.4 Å². The molecule has 0 aliphatic carbocycles. The second kappa shape index (κ2) is 8.45. The molecule has 0 aromatic heterocycles. The zero-order valence-electron chi connectivity index (χ0n) is 4.55. The monoisotopic (exact) mass is 341 g/mol. The molecular weight excluding hydrogens is 335 g/mol. The summed E-state index contributed by atoms with van der Waals surface area (Å²) in [5.41, 5.74) is 0. The molecule has 0 saturated heterocycles. The van der Waals surface area contributed by atoms with Crippen LogP contribution in [0.3, 0.4) is 0 Å². The minimum absolute atomic E-state index is 0.556. The number of rotatable bonds is 0. The summed E-state index contributed by atoms with van der Waals surface area (Å²) in [5.74, 6) is 0. The van der Waals surface area contributed by atoms with Crippen molar-refractivity contribution in [3.05, 3.63) is 36.4 Å². The van der Waals surface area contributed by atoms with Crippen LogP contribution in [0.4, 0.5) is 0 Å². The van der Waals surface area contributed by atoms with Crippen molar-refractivity contribution in [1.29, 1.82) is 0 Å². The molecule has 9 heavy (non-hydrogen) atoms. The van der Waals surface area contributed by atoms with E-state index in [9.17, 15) is 0 Å². The van der Waals surface area contributed by atoms with Crippen molar-refractivity contribution in [3.8, 4) is 0 Å². The molecule has 0 saturated carbocycles. The van der Waals surface area contributed by atoms with Gasteiger partial charge in [-0.1, -0.05) is 36.4 Å². The van der Waals surface area contributed by atoms with E-state index < -0.39 is 15.7 Å². The summed E-state index contributed by atoms with van der Waals surface area (Å²) in [6.45, 7) is 0. The maximum Gasteiger partial charge on any atom is -0.0623 e. The molecule has 53 valence electrons. The van der Waals surface area contributed by atoms with Crippen LogP contribution in [0.25, 0.3) is 0 Å². The normalized spacial score (nSPS) is 7.78. The molecule has 1 aromatic rings. The quantitative estimate of drug-likeness (QED) is 0.680. The molecule has 0 spiro atoms. The van der Waals surface area contributed by atoms with E-state index in [0.717, 1.165) is 0 Å². The predicted molar refractivity (Wildman–Crippen MR) is 38.1 cm³/mol. The number of halogens is 2. The number of benzene rings is 1. The van der Waals surface area contributed by atoms with Crippen LogP contribution in [-0.4, -0.2) is 0 Å². The van der Waals surface area contributed by atoms with Gasteiger partial charge >= 0.3 is 34.8 Å². The van der Waals surface area contributed by atoms with Crippen LogP contribution in [0.2, 0.25) is 0 Å². The molecule has 3 heteroatoms. The second-order valence-corrected chi connectivity index (χ2v) is 4.66. The zero-order valence-corrected chi connectivity index (χ0v) is 8.46. The third-order valence-corrected chi connectivity index (χ3v) is 0.667. The van der Waals surface area contributed by atoms with Crippen molar-refractivity contribution >= 4 is 19.2 Å². The maximum atomic E-state index is 4.89. The first-order chi connectivity index (χ1) is 4.41. The van der Waals surface area contributed by atoms with Crippen molar-refractivity contribution in [2.45, 2.75) is 0 Å². The minimum atomic E-state index is -0.556. The van der Waals surface area contributed by atoms with Gasteiger partial charge in [-0.3, -0.25) is 0 Å². The van der Waals surface area contributed by atoms with Gasteiger partial charge in [-0.25, -0.2) is 0 Å². The molecule has 0 amide bonds. The molecular formula is C6H6Cl2Ir. The largest absolute Gasteiger partial charge is 0.0623 e. The van der Waals surface area contributed by atoms with Crippen molar-refractivity contribution < 1.29 is 15.7 Å². The number of hydrogen-bond acceptors (Lipinski definition) is 0. The van der Waals surface area contributed by atoms with Gasteiger partial charge in [0.25, 0.3) is 0 Å². The van der Waals surface area contributed by atoms with E-state index in [1.807, 2.05) is 36.4 Å². The third kappa shape index (κ3) is 8.45. The van der Waals surface area contributed by atoms with Crippen molar-refractivity contribution in [1.82, 2.24) is 0 Å². The smallest absolute Gasteiger partial charge is 0.0623 e. The Balaban J connectivity index is 0.000000187. The maximum absolute atomic E-state index is 4.89.